The predicted molar refractivity (Wildman–Crippen MR) is 82.9 cm³/mol. The molecule has 0 aliphatic heterocycles. The highest BCUT2D eigenvalue weighted by atomic mass is 79.9. The zero-order chi connectivity index (χ0) is 14.7. The van der Waals surface area contributed by atoms with Gasteiger partial charge in [0.15, 0.2) is 11.6 Å². The third-order valence-corrected chi connectivity index (χ3v) is 4.36. The highest BCUT2D eigenvalue weighted by Crippen LogP contribution is 2.28. The van der Waals surface area contributed by atoms with Gasteiger partial charge in [-0.15, -0.1) is 0 Å². The Morgan fingerprint density at radius 2 is 1.85 bits per heavy atom. The number of aryl methyl sites for hydroxylation is 2. The van der Waals surface area contributed by atoms with Crippen LogP contribution < -0.4 is 0 Å². The standard InChI is InChI=1S/C16H13BrClFO/c1-10-2-4-11(5-3-10)6-9-14(20)12-7-8-13(17)15(18)16(12)19/h2-5,7-8H,6,9H2,1H3. The highest BCUT2D eigenvalue weighted by Gasteiger charge is 2.16. The van der Waals surface area contributed by atoms with E-state index >= 15 is 0 Å². The predicted octanol–water partition coefficient (Wildman–Crippen LogP) is 5.37. The van der Waals surface area contributed by atoms with Gasteiger partial charge in [-0.05, 0) is 47.0 Å². The molecule has 0 N–H and O–H groups in total. The molecule has 0 heterocycles. The summed E-state index contributed by atoms with van der Waals surface area (Å²) in [6.45, 7) is 2.01. The van der Waals surface area contributed by atoms with Crippen molar-refractivity contribution >= 4 is 33.3 Å². The van der Waals surface area contributed by atoms with Gasteiger partial charge < -0.3 is 0 Å². The van der Waals surface area contributed by atoms with E-state index in [-0.39, 0.29) is 22.8 Å². The van der Waals surface area contributed by atoms with E-state index in [9.17, 15) is 9.18 Å². The van der Waals surface area contributed by atoms with Crippen molar-refractivity contribution in [1.82, 2.24) is 0 Å². The van der Waals surface area contributed by atoms with Crippen molar-refractivity contribution < 1.29 is 9.18 Å². The second-order valence-electron chi connectivity index (χ2n) is 4.63. The molecule has 2 aromatic rings. The maximum Gasteiger partial charge on any atom is 0.166 e. The van der Waals surface area contributed by atoms with Crippen LogP contribution in [0.5, 0.6) is 0 Å². The molecule has 0 saturated heterocycles. The zero-order valence-corrected chi connectivity index (χ0v) is 13.3. The van der Waals surface area contributed by atoms with E-state index < -0.39 is 5.82 Å². The lowest BCUT2D eigenvalue weighted by Gasteiger charge is -2.06. The third kappa shape index (κ3) is 3.47. The fourth-order valence-corrected chi connectivity index (χ4v) is 2.36. The number of Topliss-reactive ketones (excluding diaryl/α,β-unsaturated/α-hetero) is 1. The molecular formula is C16H13BrClFO. The molecule has 0 bridgehead atoms. The van der Waals surface area contributed by atoms with Crippen LogP contribution >= 0.6 is 27.5 Å². The summed E-state index contributed by atoms with van der Waals surface area (Å²) in [7, 11) is 0. The molecule has 0 amide bonds. The van der Waals surface area contributed by atoms with Gasteiger partial charge in [-0.1, -0.05) is 41.4 Å². The van der Waals surface area contributed by atoms with Crippen molar-refractivity contribution in [3.8, 4) is 0 Å². The number of ketones is 1. The lowest BCUT2D eigenvalue weighted by atomic mass is 10.0. The fourth-order valence-electron chi connectivity index (χ4n) is 1.89. The summed E-state index contributed by atoms with van der Waals surface area (Å²) >= 11 is 8.92. The first-order valence-corrected chi connectivity index (χ1v) is 7.38. The molecule has 0 saturated carbocycles. The van der Waals surface area contributed by atoms with Crippen LogP contribution in [-0.2, 0) is 6.42 Å². The largest absolute Gasteiger partial charge is 0.294 e. The first-order valence-electron chi connectivity index (χ1n) is 6.21. The van der Waals surface area contributed by atoms with Crippen molar-refractivity contribution in [2.75, 3.05) is 0 Å². The number of hydrogen-bond donors (Lipinski definition) is 0. The molecule has 0 fully saturated rings. The third-order valence-electron chi connectivity index (χ3n) is 3.10. The van der Waals surface area contributed by atoms with Gasteiger partial charge in [-0.2, -0.15) is 0 Å². The highest BCUT2D eigenvalue weighted by molar-refractivity contribution is 9.10. The first kappa shape index (κ1) is 15.2. The second kappa shape index (κ2) is 6.51. The second-order valence-corrected chi connectivity index (χ2v) is 5.86. The monoisotopic (exact) mass is 354 g/mol. The molecule has 4 heteroatoms. The SMILES string of the molecule is Cc1ccc(CCC(=O)c2ccc(Br)c(Cl)c2F)cc1. The molecule has 0 aliphatic carbocycles. The van der Waals surface area contributed by atoms with E-state index in [2.05, 4.69) is 15.9 Å². The Morgan fingerprint density at radius 1 is 1.20 bits per heavy atom. The molecule has 0 unspecified atom stereocenters. The van der Waals surface area contributed by atoms with Gasteiger partial charge >= 0.3 is 0 Å². The van der Waals surface area contributed by atoms with Crippen LogP contribution in [0.3, 0.4) is 0 Å². The van der Waals surface area contributed by atoms with Crippen molar-refractivity contribution in [3.05, 3.63) is 68.4 Å². The molecule has 0 aromatic heterocycles. The number of hydrogen-bond acceptors (Lipinski definition) is 1. The molecule has 0 atom stereocenters. The van der Waals surface area contributed by atoms with Crippen molar-refractivity contribution in [1.29, 1.82) is 0 Å². The van der Waals surface area contributed by atoms with Crippen molar-refractivity contribution in [3.63, 3.8) is 0 Å². The minimum Gasteiger partial charge on any atom is -0.294 e. The van der Waals surface area contributed by atoms with Gasteiger partial charge in [0.1, 0.15) is 0 Å². The molecule has 0 radical (unpaired) electrons. The maximum absolute atomic E-state index is 13.9. The summed E-state index contributed by atoms with van der Waals surface area (Å²) < 4.78 is 14.4. The van der Waals surface area contributed by atoms with E-state index in [4.69, 9.17) is 11.6 Å². The van der Waals surface area contributed by atoms with Crippen LogP contribution in [0.4, 0.5) is 4.39 Å². The van der Waals surface area contributed by atoms with E-state index in [0.717, 1.165) is 5.56 Å². The summed E-state index contributed by atoms with van der Waals surface area (Å²) in [5.41, 5.74) is 2.28. The minimum atomic E-state index is -0.657. The Kier molecular flexibility index (Phi) is 4.95. The fraction of sp³-hybridized carbons (Fsp3) is 0.188. The quantitative estimate of drug-likeness (QED) is 0.532. The first-order chi connectivity index (χ1) is 9.49. The zero-order valence-electron chi connectivity index (χ0n) is 10.9. The Labute approximate surface area is 130 Å². The Morgan fingerprint density at radius 3 is 2.50 bits per heavy atom. The lowest BCUT2D eigenvalue weighted by Crippen LogP contribution is -2.04. The van der Waals surface area contributed by atoms with Crippen LogP contribution in [0.25, 0.3) is 0 Å². The number of halogens is 3. The summed E-state index contributed by atoms with van der Waals surface area (Å²) in [5, 5.41) is -0.0498. The lowest BCUT2D eigenvalue weighted by molar-refractivity contribution is 0.0979. The smallest absolute Gasteiger partial charge is 0.166 e. The van der Waals surface area contributed by atoms with Crippen LogP contribution in [0.1, 0.15) is 27.9 Å². The average molecular weight is 356 g/mol. The summed E-state index contributed by atoms with van der Waals surface area (Å²) in [6.07, 6.45) is 0.851. The van der Waals surface area contributed by atoms with Crippen LogP contribution in [0.2, 0.25) is 5.02 Å². The Hall–Kier alpha value is -1.19. The molecule has 20 heavy (non-hydrogen) atoms. The van der Waals surface area contributed by atoms with Gasteiger partial charge in [-0.3, -0.25) is 4.79 Å². The van der Waals surface area contributed by atoms with E-state index in [1.807, 2.05) is 31.2 Å². The van der Waals surface area contributed by atoms with Crippen molar-refractivity contribution in [2.45, 2.75) is 19.8 Å². The minimum absolute atomic E-state index is 0.0466. The molecule has 0 spiro atoms. The molecule has 1 nitrogen and oxygen atoms in total. The van der Waals surface area contributed by atoms with Gasteiger partial charge in [-0.25, -0.2) is 4.39 Å². The number of carbonyl (C=O) groups is 1. The van der Waals surface area contributed by atoms with Gasteiger partial charge in [0.2, 0.25) is 0 Å². The van der Waals surface area contributed by atoms with E-state index in [0.29, 0.717) is 10.9 Å². The maximum atomic E-state index is 13.9. The molecule has 104 valence electrons. The van der Waals surface area contributed by atoms with E-state index in [1.165, 1.54) is 11.6 Å². The summed E-state index contributed by atoms with van der Waals surface area (Å²) in [5.74, 6) is -0.896. The Bertz CT molecular complexity index is 638. The van der Waals surface area contributed by atoms with Gasteiger partial charge in [0.05, 0.1) is 10.6 Å². The normalized spacial score (nSPS) is 10.6. The number of benzene rings is 2. The molecule has 0 aliphatic rings. The van der Waals surface area contributed by atoms with E-state index in [1.54, 1.807) is 6.07 Å². The number of carbonyl (C=O) groups excluding carboxylic acids is 1. The van der Waals surface area contributed by atoms with Crippen LogP contribution in [0, 0.1) is 12.7 Å². The number of rotatable bonds is 4. The molecular weight excluding hydrogens is 343 g/mol. The van der Waals surface area contributed by atoms with Crippen LogP contribution in [0.15, 0.2) is 40.9 Å². The Balaban J connectivity index is 2.09. The van der Waals surface area contributed by atoms with Gasteiger partial charge in [0.25, 0.3) is 0 Å². The topological polar surface area (TPSA) is 17.1 Å². The molecule has 2 aromatic carbocycles. The molecule has 2 rings (SSSR count). The average Bonchev–Trinajstić information content (AvgIpc) is 2.44. The van der Waals surface area contributed by atoms with Gasteiger partial charge in [0, 0.05) is 10.9 Å². The summed E-state index contributed by atoms with van der Waals surface area (Å²) in [4.78, 5) is 12.1. The summed E-state index contributed by atoms with van der Waals surface area (Å²) in [6, 6.07) is 11.0. The van der Waals surface area contributed by atoms with Crippen molar-refractivity contribution in [2.24, 2.45) is 0 Å². The van der Waals surface area contributed by atoms with Crippen LogP contribution in [-0.4, -0.2) is 5.78 Å².